The van der Waals surface area contributed by atoms with Crippen molar-refractivity contribution < 1.29 is 17.8 Å². The summed E-state index contributed by atoms with van der Waals surface area (Å²) in [6.45, 7) is 0. The zero-order valence-electron chi connectivity index (χ0n) is 8.24. The van der Waals surface area contributed by atoms with Crippen molar-refractivity contribution in [2.24, 2.45) is 0 Å². The fourth-order valence-electron chi connectivity index (χ4n) is 1.19. The second-order valence-electron chi connectivity index (χ2n) is 3.30. The van der Waals surface area contributed by atoms with Gasteiger partial charge in [-0.25, -0.2) is 0 Å². The largest absolute Gasteiger partial charge is 0.291 e. The SMILES string of the molecule is O=[C]CCCCCCCCS(=O)(=O)O. The molecule has 0 aliphatic heterocycles. The Labute approximate surface area is 85.4 Å². The molecule has 1 N–H and O–H groups in total. The Morgan fingerprint density at radius 1 is 0.929 bits per heavy atom. The van der Waals surface area contributed by atoms with Crippen LogP contribution in [0.5, 0.6) is 0 Å². The van der Waals surface area contributed by atoms with Crippen LogP contribution in [0.1, 0.15) is 44.9 Å². The first kappa shape index (κ1) is 13.6. The third kappa shape index (κ3) is 11.6. The van der Waals surface area contributed by atoms with Gasteiger partial charge in [-0.2, -0.15) is 8.42 Å². The van der Waals surface area contributed by atoms with Gasteiger partial charge in [-0.1, -0.05) is 25.7 Å². The summed E-state index contributed by atoms with van der Waals surface area (Å²) in [6, 6.07) is 0. The van der Waals surface area contributed by atoms with Crippen LogP contribution in [0.15, 0.2) is 0 Å². The van der Waals surface area contributed by atoms with Gasteiger partial charge >= 0.3 is 0 Å². The van der Waals surface area contributed by atoms with Crippen LogP contribution in [0.2, 0.25) is 0 Å². The molecule has 0 aromatic carbocycles. The van der Waals surface area contributed by atoms with Gasteiger partial charge in [-0.05, 0) is 12.8 Å². The van der Waals surface area contributed by atoms with Gasteiger partial charge in [0.25, 0.3) is 10.1 Å². The maximum atomic E-state index is 10.3. The number of rotatable bonds is 9. The Morgan fingerprint density at radius 3 is 1.93 bits per heavy atom. The zero-order valence-corrected chi connectivity index (χ0v) is 9.05. The molecule has 0 aliphatic rings. The molecule has 14 heavy (non-hydrogen) atoms. The number of hydrogen-bond donors (Lipinski definition) is 1. The molecular weight excluding hydrogens is 204 g/mol. The van der Waals surface area contributed by atoms with Crippen molar-refractivity contribution in [3.05, 3.63) is 0 Å². The van der Waals surface area contributed by atoms with Crippen LogP contribution in [0.25, 0.3) is 0 Å². The Kier molecular flexibility index (Phi) is 7.70. The summed E-state index contributed by atoms with van der Waals surface area (Å²) in [4.78, 5) is 9.83. The minimum absolute atomic E-state index is 0.144. The lowest BCUT2D eigenvalue weighted by molar-refractivity contribution is 0.478. The lowest BCUT2D eigenvalue weighted by atomic mass is 10.1. The van der Waals surface area contributed by atoms with E-state index in [1.165, 1.54) is 0 Å². The van der Waals surface area contributed by atoms with Crippen LogP contribution >= 0.6 is 0 Å². The molecule has 0 spiro atoms. The summed E-state index contributed by atoms with van der Waals surface area (Å²) in [6.07, 6.45) is 7.45. The summed E-state index contributed by atoms with van der Waals surface area (Å²) in [5.41, 5.74) is 0. The van der Waals surface area contributed by atoms with Crippen molar-refractivity contribution in [2.75, 3.05) is 5.75 Å². The first-order chi connectivity index (χ1) is 6.56. The molecule has 0 saturated carbocycles. The van der Waals surface area contributed by atoms with Gasteiger partial charge in [-0.3, -0.25) is 9.35 Å². The van der Waals surface area contributed by atoms with Crippen LogP contribution in [-0.2, 0) is 14.9 Å². The quantitative estimate of drug-likeness (QED) is 0.475. The molecule has 0 amide bonds. The second kappa shape index (κ2) is 7.94. The van der Waals surface area contributed by atoms with E-state index in [0.29, 0.717) is 12.8 Å². The van der Waals surface area contributed by atoms with Gasteiger partial charge in [0.15, 0.2) is 6.29 Å². The fourth-order valence-corrected chi connectivity index (χ4v) is 1.76. The van der Waals surface area contributed by atoms with Gasteiger partial charge in [0.1, 0.15) is 0 Å². The van der Waals surface area contributed by atoms with Crippen LogP contribution in [0.3, 0.4) is 0 Å². The van der Waals surface area contributed by atoms with E-state index in [2.05, 4.69) is 0 Å². The number of unbranched alkanes of at least 4 members (excludes halogenated alkanes) is 6. The van der Waals surface area contributed by atoms with E-state index >= 15 is 0 Å². The summed E-state index contributed by atoms with van der Waals surface area (Å²) >= 11 is 0. The average molecular weight is 221 g/mol. The molecular formula is C9H17O4S. The molecule has 0 saturated heterocycles. The van der Waals surface area contributed by atoms with Gasteiger partial charge in [0.2, 0.25) is 0 Å². The zero-order chi connectivity index (χ0) is 10.9. The lowest BCUT2D eigenvalue weighted by Crippen LogP contribution is -2.03. The van der Waals surface area contributed by atoms with E-state index in [4.69, 9.17) is 4.55 Å². The van der Waals surface area contributed by atoms with Crippen LogP contribution in [-0.4, -0.2) is 25.0 Å². The van der Waals surface area contributed by atoms with Gasteiger partial charge in [-0.15, -0.1) is 0 Å². The average Bonchev–Trinajstić information content (AvgIpc) is 2.08. The van der Waals surface area contributed by atoms with E-state index in [1.54, 1.807) is 0 Å². The summed E-state index contributed by atoms with van der Waals surface area (Å²) < 4.78 is 29.1. The first-order valence-electron chi connectivity index (χ1n) is 4.86. The lowest BCUT2D eigenvalue weighted by Gasteiger charge is -1.99. The maximum Gasteiger partial charge on any atom is 0.264 e. The molecule has 0 heterocycles. The smallest absolute Gasteiger partial charge is 0.264 e. The van der Waals surface area contributed by atoms with Crippen LogP contribution < -0.4 is 0 Å². The van der Waals surface area contributed by atoms with E-state index in [9.17, 15) is 13.2 Å². The van der Waals surface area contributed by atoms with E-state index in [0.717, 1.165) is 32.1 Å². The van der Waals surface area contributed by atoms with Crippen molar-refractivity contribution in [1.29, 1.82) is 0 Å². The molecule has 5 heteroatoms. The van der Waals surface area contributed by atoms with Crippen LogP contribution in [0.4, 0.5) is 0 Å². The van der Waals surface area contributed by atoms with E-state index in [1.807, 2.05) is 6.29 Å². The molecule has 0 fully saturated rings. The molecule has 0 aliphatic carbocycles. The van der Waals surface area contributed by atoms with Crippen molar-refractivity contribution in [2.45, 2.75) is 44.9 Å². The number of hydrogen-bond acceptors (Lipinski definition) is 3. The minimum Gasteiger partial charge on any atom is -0.291 e. The Morgan fingerprint density at radius 2 is 1.43 bits per heavy atom. The molecule has 0 rings (SSSR count). The highest BCUT2D eigenvalue weighted by Gasteiger charge is 2.02. The first-order valence-corrected chi connectivity index (χ1v) is 6.47. The Bertz CT molecular complexity index is 233. The predicted molar refractivity (Wildman–Crippen MR) is 54.4 cm³/mol. The molecule has 83 valence electrons. The predicted octanol–water partition coefficient (Wildman–Crippen LogP) is 1.71. The fraction of sp³-hybridized carbons (Fsp3) is 0.889. The van der Waals surface area contributed by atoms with Crippen LogP contribution in [0, 0.1) is 0 Å². The highest BCUT2D eigenvalue weighted by atomic mass is 32.2. The summed E-state index contributed by atoms with van der Waals surface area (Å²) in [7, 11) is -3.78. The molecule has 1 radical (unpaired) electrons. The van der Waals surface area contributed by atoms with Crippen molar-refractivity contribution >= 4 is 16.4 Å². The van der Waals surface area contributed by atoms with E-state index in [-0.39, 0.29) is 5.75 Å². The highest BCUT2D eigenvalue weighted by molar-refractivity contribution is 7.85. The standard InChI is InChI=1S/C9H17O4S/c10-8-6-4-2-1-3-5-7-9-14(11,12)13/h1-7,9H2,(H,11,12,13). The monoisotopic (exact) mass is 221 g/mol. The van der Waals surface area contributed by atoms with Gasteiger partial charge < -0.3 is 0 Å². The summed E-state index contributed by atoms with van der Waals surface area (Å²) in [5, 5.41) is 0. The van der Waals surface area contributed by atoms with E-state index < -0.39 is 10.1 Å². The molecule has 0 bridgehead atoms. The molecule has 0 aromatic rings. The molecule has 0 atom stereocenters. The van der Waals surface area contributed by atoms with Gasteiger partial charge in [0.05, 0.1) is 5.75 Å². The highest BCUT2D eigenvalue weighted by Crippen LogP contribution is 2.07. The maximum absolute atomic E-state index is 10.3. The minimum atomic E-state index is -3.78. The Hall–Kier alpha value is -0.420. The topological polar surface area (TPSA) is 71.4 Å². The number of carbonyl (C=O) groups excluding carboxylic acids is 1. The molecule has 0 unspecified atom stereocenters. The molecule has 0 aromatic heterocycles. The Balaban J connectivity index is 3.10. The normalized spacial score (nSPS) is 11.5. The summed E-state index contributed by atoms with van der Waals surface area (Å²) in [5.74, 6) is -0.144. The van der Waals surface area contributed by atoms with Crippen molar-refractivity contribution in [1.82, 2.24) is 0 Å². The third-order valence-corrected chi connectivity index (χ3v) is 2.74. The van der Waals surface area contributed by atoms with Gasteiger partial charge in [0, 0.05) is 6.42 Å². The van der Waals surface area contributed by atoms with Crippen molar-refractivity contribution in [3.63, 3.8) is 0 Å². The second-order valence-corrected chi connectivity index (χ2v) is 4.87. The molecule has 4 nitrogen and oxygen atoms in total. The third-order valence-electron chi connectivity index (χ3n) is 1.93. The van der Waals surface area contributed by atoms with Crippen molar-refractivity contribution in [3.8, 4) is 0 Å².